The Kier molecular flexibility index (Phi) is 3.94. The molecule has 9 heteroatoms. The van der Waals surface area contributed by atoms with Crippen molar-refractivity contribution >= 4 is 21.7 Å². The number of nitrogens with one attached hydrogen (secondary N) is 1. The lowest BCUT2D eigenvalue weighted by molar-refractivity contribution is -0.136. The molecule has 0 unspecified atom stereocenters. The molecule has 0 bridgehead atoms. The first kappa shape index (κ1) is 15.0. The Morgan fingerprint density at radius 3 is 2.57 bits per heavy atom. The molecule has 2 aromatic rings. The van der Waals surface area contributed by atoms with E-state index in [-0.39, 0.29) is 28.5 Å². The SMILES string of the molecule is Cc1noc(C)c1S(=O)(=O)Nc1ccc(CC(=O)O)nc1. The van der Waals surface area contributed by atoms with Gasteiger partial charge in [-0.15, -0.1) is 0 Å². The van der Waals surface area contributed by atoms with Gasteiger partial charge in [0.1, 0.15) is 5.69 Å². The number of carboxylic acids is 1. The molecule has 0 fully saturated rings. The second-order valence-electron chi connectivity index (χ2n) is 4.37. The molecule has 2 rings (SSSR count). The van der Waals surface area contributed by atoms with Crippen molar-refractivity contribution in [2.75, 3.05) is 4.72 Å². The molecule has 0 spiro atoms. The van der Waals surface area contributed by atoms with Crippen LogP contribution in [0.15, 0.2) is 27.7 Å². The molecule has 0 radical (unpaired) electrons. The molecular weight excluding hydrogens is 298 g/mol. The molecule has 2 aromatic heterocycles. The molecule has 8 nitrogen and oxygen atoms in total. The van der Waals surface area contributed by atoms with Crippen molar-refractivity contribution in [3.63, 3.8) is 0 Å². The van der Waals surface area contributed by atoms with Crippen molar-refractivity contribution in [3.05, 3.63) is 35.5 Å². The van der Waals surface area contributed by atoms with Crippen molar-refractivity contribution in [2.24, 2.45) is 0 Å². The van der Waals surface area contributed by atoms with Crippen LogP contribution in [-0.2, 0) is 21.2 Å². The minimum atomic E-state index is -3.83. The molecule has 21 heavy (non-hydrogen) atoms. The van der Waals surface area contributed by atoms with Crippen LogP contribution < -0.4 is 4.72 Å². The lowest BCUT2D eigenvalue weighted by Gasteiger charge is -2.07. The smallest absolute Gasteiger partial charge is 0.309 e. The van der Waals surface area contributed by atoms with Crippen LogP contribution >= 0.6 is 0 Å². The maximum Gasteiger partial charge on any atom is 0.309 e. The monoisotopic (exact) mass is 311 g/mol. The number of aryl methyl sites for hydroxylation is 2. The highest BCUT2D eigenvalue weighted by molar-refractivity contribution is 7.92. The van der Waals surface area contributed by atoms with E-state index >= 15 is 0 Å². The average molecular weight is 311 g/mol. The first-order valence-corrected chi connectivity index (χ1v) is 7.40. The summed E-state index contributed by atoms with van der Waals surface area (Å²) in [6.45, 7) is 3.03. The van der Waals surface area contributed by atoms with Crippen LogP contribution in [0.25, 0.3) is 0 Å². The molecule has 0 aliphatic carbocycles. The van der Waals surface area contributed by atoms with Crippen molar-refractivity contribution < 1.29 is 22.8 Å². The molecule has 0 aliphatic rings. The van der Waals surface area contributed by atoms with E-state index in [1.165, 1.54) is 32.2 Å². The van der Waals surface area contributed by atoms with E-state index < -0.39 is 16.0 Å². The number of rotatable bonds is 5. The van der Waals surface area contributed by atoms with E-state index in [4.69, 9.17) is 9.63 Å². The van der Waals surface area contributed by atoms with E-state index in [1.807, 2.05) is 0 Å². The topological polar surface area (TPSA) is 122 Å². The van der Waals surface area contributed by atoms with Crippen molar-refractivity contribution in [1.29, 1.82) is 0 Å². The van der Waals surface area contributed by atoms with Gasteiger partial charge in [-0.25, -0.2) is 8.42 Å². The van der Waals surface area contributed by atoms with Crippen LogP contribution in [0.2, 0.25) is 0 Å². The van der Waals surface area contributed by atoms with Gasteiger partial charge < -0.3 is 9.63 Å². The van der Waals surface area contributed by atoms with E-state index in [0.29, 0.717) is 5.69 Å². The van der Waals surface area contributed by atoms with E-state index in [0.717, 1.165) is 0 Å². The van der Waals surface area contributed by atoms with Crippen LogP contribution in [0, 0.1) is 13.8 Å². The molecular formula is C12H13N3O5S. The van der Waals surface area contributed by atoms with Gasteiger partial charge in [0.15, 0.2) is 10.7 Å². The van der Waals surface area contributed by atoms with Gasteiger partial charge in [0, 0.05) is 0 Å². The van der Waals surface area contributed by atoms with Crippen molar-refractivity contribution in [1.82, 2.24) is 10.1 Å². The summed E-state index contributed by atoms with van der Waals surface area (Å²) in [5, 5.41) is 12.2. The highest BCUT2D eigenvalue weighted by atomic mass is 32.2. The highest BCUT2D eigenvalue weighted by Crippen LogP contribution is 2.22. The standard InChI is InChI=1S/C12H13N3O5S/c1-7-12(8(2)20-14-7)21(18,19)15-10-4-3-9(13-6-10)5-11(16)17/h3-4,6,15H,5H2,1-2H3,(H,16,17). The molecule has 112 valence electrons. The van der Waals surface area contributed by atoms with Gasteiger partial charge in [-0.3, -0.25) is 14.5 Å². The van der Waals surface area contributed by atoms with Gasteiger partial charge in [-0.2, -0.15) is 0 Å². The zero-order valence-electron chi connectivity index (χ0n) is 11.3. The third-order valence-corrected chi connectivity index (χ3v) is 4.27. The number of hydrogen-bond acceptors (Lipinski definition) is 6. The Balaban J connectivity index is 2.23. The summed E-state index contributed by atoms with van der Waals surface area (Å²) in [6, 6.07) is 2.89. The number of sulfonamides is 1. The lowest BCUT2D eigenvalue weighted by Crippen LogP contribution is -2.15. The summed E-state index contributed by atoms with van der Waals surface area (Å²) < 4.78 is 31.6. The summed E-state index contributed by atoms with van der Waals surface area (Å²) in [7, 11) is -3.83. The molecule has 0 aliphatic heterocycles. The number of aliphatic carboxylic acids is 1. The number of anilines is 1. The Bertz CT molecular complexity index is 745. The summed E-state index contributed by atoms with van der Waals surface area (Å²) in [4.78, 5) is 14.4. The molecule has 0 atom stereocenters. The molecule has 2 heterocycles. The second kappa shape index (κ2) is 5.52. The number of pyridine rings is 1. The summed E-state index contributed by atoms with van der Waals surface area (Å²) >= 11 is 0. The van der Waals surface area contributed by atoms with E-state index in [1.54, 1.807) is 0 Å². The Morgan fingerprint density at radius 1 is 1.38 bits per heavy atom. The van der Waals surface area contributed by atoms with E-state index in [2.05, 4.69) is 14.9 Å². The van der Waals surface area contributed by atoms with Gasteiger partial charge in [-0.1, -0.05) is 5.16 Å². The average Bonchev–Trinajstić information content (AvgIpc) is 2.71. The number of hydrogen-bond donors (Lipinski definition) is 2. The Hall–Kier alpha value is -2.42. The fraction of sp³-hybridized carbons (Fsp3) is 0.250. The van der Waals surface area contributed by atoms with Gasteiger partial charge in [0.05, 0.1) is 24.0 Å². The van der Waals surface area contributed by atoms with Crippen LogP contribution in [0.3, 0.4) is 0 Å². The van der Waals surface area contributed by atoms with E-state index in [9.17, 15) is 13.2 Å². The molecule has 0 amide bonds. The third-order valence-electron chi connectivity index (χ3n) is 2.65. The maximum absolute atomic E-state index is 12.2. The van der Waals surface area contributed by atoms with Crippen LogP contribution in [0.1, 0.15) is 17.1 Å². The Morgan fingerprint density at radius 2 is 2.10 bits per heavy atom. The fourth-order valence-corrected chi connectivity index (χ4v) is 3.18. The summed E-state index contributed by atoms with van der Waals surface area (Å²) in [5.74, 6) is -0.818. The zero-order valence-corrected chi connectivity index (χ0v) is 12.1. The predicted octanol–water partition coefficient (Wildman–Crippen LogP) is 1.11. The largest absolute Gasteiger partial charge is 0.481 e. The predicted molar refractivity (Wildman–Crippen MR) is 72.4 cm³/mol. The van der Waals surface area contributed by atoms with Gasteiger partial charge in [0.2, 0.25) is 0 Å². The molecule has 0 saturated carbocycles. The highest BCUT2D eigenvalue weighted by Gasteiger charge is 2.24. The van der Waals surface area contributed by atoms with Crippen molar-refractivity contribution in [3.8, 4) is 0 Å². The maximum atomic E-state index is 12.2. The van der Waals surface area contributed by atoms with Crippen LogP contribution in [0.4, 0.5) is 5.69 Å². The number of nitrogens with zero attached hydrogens (tertiary/aromatic N) is 2. The minimum Gasteiger partial charge on any atom is -0.481 e. The normalized spacial score (nSPS) is 11.3. The first-order chi connectivity index (χ1) is 9.79. The third kappa shape index (κ3) is 3.37. The molecule has 0 saturated heterocycles. The summed E-state index contributed by atoms with van der Waals surface area (Å²) in [5.41, 5.74) is 0.822. The van der Waals surface area contributed by atoms with Gasteiger partial charge in [-0.05, 0) is 26.0 Å². The molecule has 2 N–H and O–H groups in total. The Labute approximate surface area is 120 Å². The first-order valence-electron chi connectivity index (χ1n) is 5.92. The minimum absolute atomic E-state index is 0.0166. The number of aromatic nitrogens is 2. The van der Waals surface area contributed by atoms with Crippen LogP contribution in [-0.4, -0.2) is 29.6 Å². The van der Waals surface area contributed by atoms with Gasteiger partial charge in [0.25, 0.3) is 10.0 Å². The number of carboxylic acid groups (broad SMARTS) is 1. The zero-order chi connectivity index (χ0) is 15.6. The number of carbonyl (C=O) groups is 1. The van der Waals surface area contributed by atoms with Crippen molar-refractivity contribution in [2.45, 2.75) is 25.2 Å². The summed E-state index contributed by atoms with van der Waals surface area (Å²) in [6.07, 6.45) is 1.03. The van der Waals surface area contributed by atoms with Gasteiger partial charge >= 0.3 is 5.97 Å². The fourth-order valence-electron chi connectivity index (χ4n) is 1.81. The van der Waals surface area contributed by atoms with Crippen LogP contribution in [0.5, 0.6) is 0 Å². The molecule has 0 aromatic carbocycles. The second-order valence-corrected chi connectivity index (χ2v) is 5.99. The quantitative estimate of drug-likeness (QED) is 0.848. The lowest BCUT2D eigenvalue weighted by atomic mass is 10.3.